The molecule has 1 N–H and O–H groups in total. The summed E-state index contributed by atoms with van der Waals surface area (Å²) in [6, 6.07) is 10.1. The van der Waals surface area contributed by atoms with Gasteiger partial charge in [-0.05, 0) is 31.0 Å². The fourth-order valence-electron chi connectivity index (χ4n) is 3.26. The molecule has 1 aliphatic rings. The van der Waals surface area contributed by atoms with E-state index in [1.165, 1.54) is 5.56 Å². The number of nitriles is 1. The van der Waals surface area contributed by atoms with Crippen LogP contribution < -0.4 is 5.56 Å². The lowest BCUT2D eigenvalue weighted by Gasteiger charge is -2.07. The molecule has 0 radical (unpaired) electrons. The van der Waals surface area contributed by atoms with Gasteiger partial charge in [0.15, 0.2) is 0 Å². The standard InChI is InChI=1S/C17H13N3O/c1-9-4-3-5-11-15-13(19-16(9)11)8-20-14(15)6-10(2)12(7-18)17(20)21/h3-6,19H,8H2,1-2H3. The van der Waals surface area contributed by atoms with E-state index in [0.717, 1.165) is 33.4 Å². The number of aromatic amines is 1. The normalized spacial score (nSPS) is 12.2. The lowest BCUT2D eigenvalue weighted by atomic mass is 10.0. The van der Waals surface area contributed by atoms with Crippen LogP contribution in [0.25, 0.3) is 22.2 Å². The van der Waals surface area contributed by atoms with E-state index in [-0.39, 0.29) is 11.1 Å². The average molecular weight is 275 g/mol. The van der Waals surface area contributed by atoms with E-state index >= 15 is 0 Å². The highest BCUT2D eigenvalue weighted by Crippen LogP contribution is 2.38. The zero-order chi connectivity index (χ0) is 14.7. The zero-order valence-electron chi connectivity index (χ0n) is 11.8. The van der Waals surface area contributed by atoms with Crippen molar-refractivity contribution >= 4 is 10.9 Å². The average Bonchev–Trinajstić information content (AvgIpc) is 2.97. The summed E-state index contributed by atoms with van der Waals surface area (Å²) in [5.41, 5.74) is 6.16. The van der Waals surface area contributed by atoms with Crippen molar-refractivity contribution in [3.05, 3.63) is 57.0 Å². The molecule has 102 valence electrons. The number of hydrogen-bond acceptors (Lipinski definition) is 2. The maximum atomic E-state index is 12.4. The van der Waals surface area contributed by atoms with E-state index in [9.17, 15) is 4.79 Å². The van der Waals surface area contributed by atoms with E-state index in [4.69, 9.17) is 5.26 Å². The van der Waals surface area contributed by atoms with Crippen molar-refractivity contribution < 1.29 is 0 Å². The molecule has 4 heteroatoms. The van der Waals surface area contributed by atoms with Gasteiger partial charge in [0.2, 0.25) is 0 Å². The topological polar surface area (TPSA) is 61.6 Å². The molecular weight excluding hydrogens is 262 g/mol. The molecule has 3 heterocycles. The zero-order valence-corrected chi connectivity index (χ0v) is 11.8. The van der Waals surface area contributed by atoms with Crippen molar-refractivity contribution in [1.82, 2.24) is 9.55 Å². The number of H-pyrrole nitrogens is 1. The number of aryl methyl sites for hydroxylation is 2. The second-order valence-corrected chi connectivity index (χ2v) is 5.57. The predicted octanol–water partition coefficient (Wildman–Crippen LogP) is 2.85. The second-order valence-electron chi connectivity index (χ2n) is 5.57. The molecule has 0 fully saturated rings. The third-order valence-electron chi connectivity index (χ3n) is 4.30. The summed E-state index contributed by atoms with van der Waals surface area (Å²) in [5.74, 6) is 0. The van der Waals surface area contributed by atoms with E-state index < -0.39 is 0 Å². The van der Waals surface area contributed by atoms with Gasteiger partial charge in [-0.25, -0.2) is 0 Å². The van der Waals surface area contributed by atoms with E-state index in [0.29, 0.717) is 6.54 Å². The molecule has 0 atom stereocenters. The van der Waals surface area contributed by atoms with Crippen LogP contribution >= 0.6 is 0 Å². The predicted molar refractivity (Wildman–Crippen MR) is 81.3 cm³/mol. The molecule has 2 aromatic heterocycles. The van der Waals surface area contributed by atoms with Crippen LogP contribution in [0.1, 0.15) is 22.4 Å². The molecule has 1 aromatic carbocycles. The Hall–Kier alpha value is -2.80. The van der Waals surface area contributed by atoms with E-state index in [1.807, 2.05) is 25.1 Å². The number of nitrogens with zero attached hydrogens (tertiary/aromatic N) is 2. The van der Waals surface area contributed by atoms with Gasteiger partial charge in [0, 0.05) is 22.2 Å². The minimum absolute atomic E-state index is 0.196. The first kappa shape index (κ1) is 12.0. The lowest BCUT2D eigenvalue weighted by Crippen LogP contribution is -2.22. The van der Waals surface area contributed by atoms with Crippen molar-refractivity contribution in [1.29, 1.82) is 5.26 Å². The van der Waals surface area contributed by atoms with Gasteiger partial charge in [0.25, 0.3) is 5.56 Å². The van der Waals surface area contributed by atoms with Gasteiger partial charge in [-0.1, -0.05) is 18.2 Å². The third kappa shape index (κ3) is 1.40. The van der Waals surface area contributed by atoms with Crippen LogP contribution in [-0.4, -0.2) is 9.55 Å². The molecule has 1 aliphatic heterocycles. The lowest BCUT2D eigenvalue weighted by molar-refractivity contribution is 0.783. The molecule has 0 amide bonds. The molecule has 4 nitrogen and oxygen atoms in total. The molecule has 0 saturated heterocycles. The van der Waals surface area contributed by atoms with Crippen LogP contribution in [-0.2, 0) is 6.54 Å². The first-order chi connectivity index (χ1) is 10.1. The van der Waals surface area contributed by atoms with Crippen LogP contribution in [0.2, 0.25) is 0 Å². The Labute approximate surface area is 121 Å². The van der Waals surface area contributed by atoms with Crippen LogP contribution in [0.4, 0.5) is 0 Å². The molecule has 4 rings (SSSR count). The summed E-state index contributed by atoms with van der Waals surface area (Å²) >= 11 is 0. The number of fused-ring (bicyclic) bond motifs is 5. The number of pyridine rings is 1. The SMILES string of the molecule is Cc1cc2n(c(=O)c1C#N)Cc1[nH]c3c(C)cccc3c1-2. The van der Waals surface area contributed by atoms with E-state index in [2.05, 4.69) is 24.0 Å². The monoisotopic (exact) mass is 275 g/mol. The molecule has 21 heavy (non-hydrogen) atoms. The Morgan fingerprint density at radius 3 is 2.86 bits per heavy atom. The first-order valence-corrected chi connectivity index (χ1v) is 6.87. The Morgan fingerprint density at radius 2 is 2.10 bits per heavy atom. The van der Waals surface area contributed by atoms with Gasteiger partial charge in [-0.3, -0.25) is 4.79 Å². The van der Waals surface area contributed by atoms with Crippen molar-refractivity contribution in [3.63, 3.8) is 0 Å². The third-order valence-corrected chi connectivity index (χ3v) is 4.30. The quantitative estimate of drug-likeness (QED) is 0.536. The highest BCUT2D eigenvalue weighted by Gasteiger charge is 2.26. The smallest absolute Gasteiger partial charge is 0.269 e. The van der Waals surface area contributed by atoms with Crippen LogP contribution in [0.15, 0.2) is 29.1 Å². The minimum Gasteiger partial charge on any atom is -0.356 e. The number of rotatable bonds is 0. The van der Waals surface area contributed by atoms with Crippen LogP contribution in [0, 0.1) is 25.2 Å². The molecule has 3 aromatic rings. The molecule has 0 aliphatic carbocycles. The second kappa shape index (κ2) is 3.86. The van der Waals surface area contributed by atoms with E-state index in [1.54, 1.807) is 4.57 Å². The molecule has 0 spiro atoms. The highest BCUT2D eigenvalue weighted by molar-refractivity contribution is 5.99. The van der Waals surface area contributed by atoms with Gasteiger partial charge >= 0.3 is 0 Å². The highest BCUT2D eigenvalue weighted by atomic mass is 16.1. The molecular formula is C17H13N3O. The Kier molecular flexibility index (Phi) is 2.20. The summed E-state index contributed by atoms with van der Waals surface area (Å²) < 4.78 is 1.69. The summed E-state index contributed by atoms with van der Waals surface area (Å²) in [5, 5.41) is 10.3. The van der Waals surface area contributed by atoms with Gasteiger partial charge in [0.1, 0.15) is 11.6 Å². The fraction of sp³-hybridized carbons (Fsp3) is 0.176. The first-order valence-electron chi connectivity index (χ1n) is 6.87. The largest absolute Gasteiger partial charge is 0.356 e. The maximum absolute atomic E-state index is 12.4. The minimum atomic E-state index is -0.196. The molecule has 0 saturated carbocycles. The van der Waals surface area contributed by atoms with Crippen molar-refractivity contribution in [2.75, 3.05) is 0 Å². The van der Waals surface area contributed by atoms with Gasteiger partial charge in [0.05, 0.1) is 12.2 Å². The number of nitrogens with one attached hydrogen (secondary N) is 1. The van der Waals surface area contributed by atoms with Gasteiger partial charge < -0.3 is 9.55 Å². The summed E-state index contributed by atoms with van der Waals surface area (Å²) in [4.78, 5) is 15.8. The van der Waals surface area contributed by atoms with Crippen LogP contribution in [0.5, 0.6) is 0 Å². The van der Waals surface area contributed by atoms with Crippen molar-refractivity contribution in [2.24, 2.45) is 0 Å². The molecule has 0 unspecified atom stereocenters. The number of benzene rings is 1. The van der Waals surface area contributed by atoms with Gasteiger partial charge in [-0.2, -0.15) is 5.26 Å². The summed E-state index contributed by atoms with van der Waals surface area (Å²) in [6.45, 7) is 4.40. The number of para-hydroxylation sites is 1. The van der Waals surface area contributed by atoms with Crippen molar-refractivity contribution in [2.45, 2.75) is 20.4 Å². The van der Waals surface area contributed by atoms with Crippen molar-refractivity contribution in [3.8, 4) is 17.3 Å². The van der Waals surface area contributed by atoms with Crippen LogP contribution in [0.3, 0.4) is 0 Å². The Bertz CT molecular complexity index is 1020. The Morgan fingerprint density at radius 1 is 1.29 bits per heavy atom. The molecule has 0 bridgehead atoms. The summed E-state index contributed by atoms with van der Waals surface area (Å²) in [7, 11) is 0. The number of hydrogen-bond donors (Lipinski definition) is 1. The van der Waals surface area contributed by atoms with Gasteiger partial charge in [-0.15, -0.1) is 0 Å². The number of aromatic nitrogens is 2. The summed E-state index contributed by atoms with van der Waals surface area (Å²) in [6.07, 6.45) is 0. The fourth-order valence-corrected chi connectivity index (χ4v) is 3.26. The Balaban J connectivity index is 2.13. The maximum Gasteiger partial charge on any atom is 0.269 e.